The number of carbonyl (C=O) groups excluding carboxylic acids is 2. The Morgan fingerprint density at radius 3 is 2.54 bits per heavy atom. The van der Waals surface area contributed by atoms with E-state index in [1.165, 1.54) is 32.9 Å². The Labute approximate surface area is 316 Å². The number of methoxy groups -OCH3 is 2. The number of nitrogens with zero attached hydrogens (tertiary/aromatic N) is 2. The van der Waals surface area contributed by atoms with Crippen molar-refractivity contribution < 1.29 is 53.3 Å². The summed E-state index contributed by atoms with van der Waals surface area (Å²) in [4.78, 5) is 31.7. The van der Waals surface area contributed by atoms with Crippen molar-refractivity contribution in [3.05, 3.63) is 62.7 Å². The van der Waals surface area contributed by atoms with E-state index in [4.69, 9.17) is 28.4 Å². The normalized spacial score (nSPS) is 29.4. The highest BCUT2D eigenvalue weighted by Crippen LogP contribution is 2.64. The molecular formula is C39H43N3O11S. The summed E-state index contributed by atoms with van der Waals surface area (Å²) in [6.45, 7) is 5.26. The number of benzene rings is 3. The predicted octanol–water partition coefficient (Wildman–Crippen LogP) is 3.41. The first-order chi connectivity index (χ1) is 25.9. The number of likely N-dealkylation sites (N-methyl/N-ethyl adjacent to an activating group) is 1. The number of rotatable bonds is 3. The van der Waals surface area contributed by atoms with E-state index >= 15 is 0 Å². The van der Waals surface area contributed by atoms with Crippen molar-refractivity contribution in [2.45, 2.75) is 74.8 Å². The van der Waals surface area contributed by atoms with E-state index in [9.17, 15) is 24.9 Å². The van der Waals surface area contributed by atoms with Gasteiger partial charge >= 0.3 is 11.9 Å². The molecule has 0 radical (unpaired) electrons. The van der Waals surface area contributed by atoms with Crippen LogP contribution in [0.2, 0.25) is 0 Å². The van der Waals surface area contributed by atoms with E-state index in [-0.39, 0.29) is 42.4 Å². The largest absolute Gasteiger partial charge is 0.504 e. The molecule has 7 heterocycles. The van der Waals surface area contributed by atoms with Gasteiger partial charge in [-0.25, -0.2) is 4.79 Å². The molecule has 7 aliphatic heterocycles. The second-order valence-electron chi connectivity index (χ2n) is 14.9. The number of fused-ring (bicyclic) bond motifs is 9. The van der Waals surface area contributed by atoms with Gasteiger partial charge in [0.1, 0.15) is 18.6 Å². The summed E-state index contributed by atoms with van der Waals surface area (Å²) in [6, 6.07) is 3.13. The molecule has 54 heavy (non-hydrogen) atoms. The summed E-state index contributed by atoms with van der Waals surface area (Å²) in [5, 5.41) is 38.2. The molecule has 0 unspecified atom stereocenters. The van der Waals surface area contributed by atoms with Crippen LogP contribution in [0, 0.1) is 13.8 Å². The zero-order valence-electron chi connectivity index (χ0n) is 30.8. The molecule has 7 aliphatic rings. The standard InChI is InChI=1S/C39H43N3O11S/c1-16-9-20-10-22-37(46)42-23-13-50-38(47)39(21-12-25(48-5)24(44)11-19(21)7-8-40-39)14-54-36(30(42)29(41(22)4)26(20)31(45)32(16)49-6)28-27(23)35-34(51-15-52-35)17(2)33(28)53-18(3)43/h9,11-12,22-23,29-30,36-37,40,44-46H,7-8,10,13-15H2,1-6H3/t22-,23+,29-,30+,36-,37+,39-/m1/s1. The topological polar surface area (TPSA) is 169 Å². The molecule has 2 fully saturated rings. The monoisotopic (exact) mass is 761 g/mol. The second kappa shape index (κ2) is 12.6. The van der Waals surface area contributed by atoms with E-state index in [2.05, 4.69) is 10.2 Å². The molecule has 286 valence electrons. The number of aliphatic hydroxyl groups excluding tert-OH is 1. The summed E-state index contributed by atoms with van der Waals surface area (Å²) in [5.41, 5.74) is 4.36. The average molecular weight is 762 g/mol. The molecule has 0 saturated carbocycles. The molecule has 0 aromatic heterocycles. The SMILES string of the molecule is COc1cc2c(cc1O)CCN[C@]21CS[C@@H]2c3c(OC(C)=O)c(C)c4c(c3[C@H](COC1=O)N1[C@H]2[C@H]2c3c(cc(C)c(OC)c3O)C[C@H]([C@@H]1O)N2C)OCO4. The smallest absolute Gasteiger partial charge is 0.331 e. The maximum atomic E-state index is 14.7. The lowest BCUT2D eigenvalue weighted by Crippen LogP contribution is -2.70. The van der Waals surface area contributed by atoms with Gasteiger partial charge in [-0.3, -0.25) is 19.9 Å². The molecule has 7 atom stereocenters. The van der Waals surface area contributed by atoms with Gasteiger partial charge in [0.05, 0.1) is 37.6 Å². The average Bonchev–Trinajstić information content (AvgIpc) is 3.63. The third-order valence-corrected chi connectivity index (χ3v) is 13.7. The molecule has 10 rings (SSSR count). The number of phenolic OH excluding ortho intramolecular Hbond substituents is 2. The first-order valence-corrected chi connectivity index (χ1v) is 19.1. The first-order valence-electron chi connectivity index (χ1n) is 18.1. The number of carbonyl (C=O) groups is 2. The maximum Gasteiger partial charge on any atom is 0.331 e. The van der Waals surface area contributed by atoms with Crippen LogP contribution in [-0.2, 0) is 32.7 Å². The van der Waals surface area contributed by atoms with Crippen LogP contribution >= 0.6 is 11.8 Å². The Bertz CT molecular complexity index is 2130. The van der Waals surface area contributed by atoms with E-state index in [1.54, 1.807) is 12.1 Å². The molecule has 3 aromatic rings. The lowest BCUT2D eigenvalue weighted by atomic mass is 9.73. The molecule has 14 nitrogen and oxygen atoms in total. The summed E-state index contributed by atoms with van der Waals surface area (Å²) < 4.78 is 35.9. The first kappa shape index (κ1) is 35.3. The number of aliphatic hydroxyl groups is 1. The Hall–Kier alpha value is -4.41. The minimum atomic E-state index is -1.36. The molecule has 1 spiro atoms. The van der Waals surface area contributed by atoms with Crippen LogP contribution < -0.4 is 29.0 Å². The number of nitrogens with one attached hydrogen (secondary N) is 1. The molecule has 2 saturated heterocycles. The highest BCUT2D eigenvalue weighted by molar-refractivity contribution is 7.99. The number of esters is 2. The number of ether oxygens (including phenoxy) is 6. The number of piperazine rings is 1. The van der Waals surface area contributed by atoms with Gasteiger partial charge in [-0.05, 0) is 68.1 Å². The number of hydrogen-bond acceptors (Lipinski definition) is 15. The van der Waals surface area contributed by atoms with Crippen molar-refractivity contribution in [2.24, 2.45) is 0 Å². The maximum absolute atomic E-state index is 14.7. The number of hydrogen-bond donors (Lipinski definition) is 4. The fraction of sp³-hybridized carbons (Fsp3) is 0.487. The van der Waals surface area contributed by atoms with Crippen molar-refractivity contribution in [1.82, 2.24) is 15.1 Å². The van der Waals surface area contributed by atoms with E-state index in [1.807, 2.05) is 31.9 Å². The predicted molar refractivity (Wildman–Crippen MR) is 195 cm³/mol. The van der Waals surface area contributed by atoms with Gasteiger partial charge in [-0.1, -0.05) is 6.07 Å². The van der Waals surface area contributed by atoms with Gasteiger partial charge in [0.25, 0.3) is 0 Å². The summed E-state index contributed by atoms with van der Waals surface area (Å²) in [5.74, 6) is 0.949. The highest BCUT2D eigenvalue weighted by atomic mass is 32.2. The van der Waals surface area contributed by atoms with Gasteiger partial charge in [0.2, 0.25) is 6.79 Å². The lowest BCUT2D eigenvalue weighted by Gasteiger charge is -2.62. The Morgan fingerprint density at radius 1 is 1.02 bits per heavy atom. The Morgan fingerprint density at radius 2 is 1.80 bits per heavy atom. The van der Waals surface area contributed by atoms with Crippen LogP contribution in [0.25, 0.3) is 0 Å². The molecule has 4 bridgehead atoms. The molecule has 4 N–H and O–H groups in total. The van der Waals surface area contributed by atoms with Crippen LogP contribution in [0.5, 0.6) is 40.2 Å². The van der Waals surface area contributed by atoms with E-state index in [0.717, 1.165) is 16.7 Å². The number of aryl methyl sites for hydroxylation is 1. The zero-order chi connectivity index (χ0) is 38.0. The van der Waals surface area contributed by atoms with Crippen LogP contribution in [-0.4, -0.2) is 102 Å². The molecule has 15 heteroatoms. The van der Waals surface area contributed by atoms with Gasteiger partial charge in [0.15, 0.2) is 40.0 Å². The highest BCUT2D eigenvalue weighted by Gasteiger charge is 2.61. The van der Waals surface area contributed by atoms with Gasteiger partial charge in [-0.2, -0.15) is 0 Å². The molecule has 0 amide bonds. The molecule has 3 aromatic carbocycles. The van der Waals surface area contributed by atoms with Crippen molar-refractivity contribution in [3.63, 3.8) is 0 Å². The van der Waals surface area contributed by atoms with Crippen LogP contribution in [0.3, 0.4) is 0 Å². The Kier molecular flexibility index (Phi) is 8.21. The van der Waals surface area contributed by atoms with Crippen molar-refractivity contribution in [3.8, 4) is 40.2 Å². The Balaban J connectivity index is 1.32. The van der Waals surface area contributed by atoms with Crippen molar-refractivity contribution >= 4 is 23.7 Å². The third-order valence-electron chi connectivity index (χ3n) is 12.3. The molecule has 0 aliphatic carbocycles. The fourth-order valence-corrected chi connectivity index (χ4v) is 11.7. The van der Waals surface area contributed by atoms with Gasteiger partial charge < -0.3 is 43.7 Å². The fourth-order valence-electron chi connectivity index (χ4n) is 10.00. The number of thioether (sulfide) groups is 1. The van der Waals surface area contributed by atoms with Crippen LogP contribution in [0.1, 0.15) is 68.8 Å². The third kappa shape index (κ3) is 4.74. The van der Waals surface area contributed by atoms with Crippen LogP contribution in [0.15, 0.2) is 18.2 Å². The minimum absolute atomic E-state index is 0.0226. The quantitative estimate of drug-likeness (QED) is 0.226. The van der Waals surface area contributed by atoms with Gasteiger partial charge in [-0.15, -0.1) is 11.8 Å². The van der Waals surface area contributed by atoms with Gasteiger partial charge in [0, 0.05) is 47.5 Å². The summed E-state index contributed by atoms with van der Waals surface area (Å²) >= 11 is 1.47. The molecular weight excluding hydrogens is 719 g/mol. The van der Waals surface area contributed by atoms with Crippen LogP contribution in [0.4, 0.5) is 0 Å². The number of phenols is 2. The minimum Gasteiger partial charge on any atom is -0.504 e. The zero-order valence-corrected chi connectivity index (χ0v) is 31.7. The number of aromatic hydroxyl groups is 2. The summed E-state index contributed by atoms with van der Waals surface area (Å²) in [6.07, 6.45) is -0.0282. The van der Waals surface area contributed by atoms with Crippen molar-refractivity contribution in [2.75, 3.05) is 47.0 Å². The van der Waals surface area contributed by atoms with E-state index < -0.39 is 47.1 Å². The van der Waals surface area contributed by atoms with E-state index in [0.29, 0.717) is 70.2 Å². The second-order valence-corrected chi connectivity index (χ2v) is 16.1. The summed E-state index contributed by atoms with van der Waals surface area (Å²) in [7, 11) is 4.96. The lowest BCUT2D eigenvalue weighted by molar-refractivity contribution is -0.186. The van der Waals surface area contributed by atoms with Crippen molar-refractivity contribution in [1.29, 1.82) is 0 Å².